The highest BCUT2D eigenvalue weighted by atomic mass is 16.2. The molecule has 0 radical (unpaired) electrons. The minimum Gasteiger partial charge on any atom is -0.358 e. The first-order valence-corrected chi connectivity index (χ1v) is 9.23. The molecular weight excluding hydrogens is 326 g/mol. The number of nitrogens with one attached hydrogen (secondary N) is 1. The number of fused-ring (bicyclic) bond motifs is 1. The number of hydrogen-bond donors (Lipinski definition) is 1. The highest BCUT2D eigenvalue weighted by Crippen LogP contribution is 2.28. The summed E-state index contributed by atoms with van der Waals surface area (Å²) in [5.74, 6) is 0.218. The highest BCUT2D eigenvalue weighted by molar-refractivity contribution is 5.92. The number of carbonyl (C=O) groups excluding carboxylic acids is 1. The molecule has 4 rings (SSSR count). The molecule has 0 atom stereocenters. The van der Waals surface area contributed by atoms with E-state index in [4.69, 9.17) is 0 Å². The van der Waals surface area contributed by atoms with E-state index in [-0.39, 0.29) is 5.91 Å². The Labute approximate surface area is 153 Å². The fourth-order valence-corrected chi connectivity index (χ4v) is 4.14. The van der Waals surface area contributed by atoms with E-state index in [9.17, 15) is 4.79 Å². The van der Waals surface area contributed by atoms with E-state index in [0.29, 0.717) is 12.5 Å². The number of hydrogen-bond acceptors (Lipinski definition) is 3. The monoisotopic (exact) mass is 351 g/mol. The van der Waals surface area contributed by atoms with E-state index >= 15 is 0 Å². The standard InChI is InChI=1S/C20H25N5O/c1-13-8-14(2)20-18(9-13)17(15(3)23-20)10-19(26)24-6-4-16(5-7-24)25-11-21-22-12-25/h8-9,11-12,16,23H,4-7,10H2,1-3H3. The number of amides is 1. The number of nitrogens with zero attached hydrogens (tertiary/aromatic N) is 4. The number of aromatic amines is 1. The van der Waals surface area contributed by atoms with Crippen LogP contribution in [0, 0.1) is 20.8 Å². The molecule has 1 saturated heterocycles. The molecule has 3 heterocycles. The van der Waals surface area contributed by atoms with Gasteiger partial charge in [-0.05, 0) is 50.8 Å². The van der Waals surface area contributed by atoms with Crippen molar-refractivity contribution in [2.24, 2.45) is 0 Å². The summed E-state index contributed by atoms with van der Waals surface area (Å²) < 4.78 is 2.05. The summed E-state index contributed by atoms with van der Waals surface area (Å²) in [6.45, 7) is 7.88. The summed E-state index contributed by atoms with van der Waals surface area (Å²) in [6.07, 6.45) is 5.90. The molecule has 26 heavy (non-hydrogen) atoms. The van der Waals surface area contributed by atoms with Crippen LogP contribution in [0.5, 0.6) is 0 Å². The van der Waals surface area contributed by atoms with Gasteiger partial charge in [-0.1, -0.05) is 11.6 Å². The summed E-state index contributed by atoms with van der Waals surface area (Å²) in [6, 6.07) is 4.76. The number of aromatic nitrogens is 4. The molecule has 0 saturated carbocycles. The number of carbonyl (C=O) groups is 1. The summed E-state index contributed by atoms with van der Waals surface area (Å²) >= 11 is 0. The highest BCUT2D eigenvalue weighted by Gasteiger charge is 2.25. The maximum Gasteiger partial charge on any atom is 0.227 e. The van der Waals surface area contributed by atoms with Crippen LogP contribution in [0.25, 0.3) is 10.9 Å². The van der Waals surface area contributed by atoms with Gasteiger partial charge in [0.2, 0.25) is 5.91 Å². The average molecular weight is 351 g/mol. The number of aryl methyl sites for hydroxylation is 3. The molecule has 6 heteroatoms. The minimum atomic E-state index is 0.218. The third-order valence-electron chi connectivity index (χ3n) is 5.57. The van der Waals surface area contributed by atoms with E-state index in [0.717, 1.165) is 42.7 Å². The van der Waals surface area contributed by atoms with Crippen molar-refractivity contribution in [3.8, 4) is 0 Å². The molecule has 1 aliphatic rings. The Bertz CT molecular complexity index is 933. The molecule has 6 nitrogen and oxygen atoms in total. The molecule has 136 valence electrons. The topological polar surface area (TPSA) is 66.8 Å². The Balaban J connectivity index is 1.49. The van der Waals surface area contributed by atoms with E-state index < -0.39 is 0 Å². The lowest BCUT2D eigenvalue weighted by molar-refractivity contribution is -0.131. The van der Waals surface area contributed by atoms with Gasteiger partial charge in [-0.25, -0.2) is 0 Å². The van der Waals surface area contributed by atoms with Crippen LogP contribution < -0.4 is 0 Å². The van der Waals surface area contributed by atoms with Gasteiger partial charge in [-0.15, -0.1) is 10.2 Å². The van der Waals surface area contributed by atoms with Crippen molar-refractivity contribution < 1.29 is 4.79 Å². The zero-order valence-corrected chi connectivity index (χ0v) is 15.6. The molecule has 1 aromatic carbocycles. The van der Waals surface area contributed by atoms with E-state index in [1.165, 1.54) is 16.5 Å². The molecule has 0 spiro atoms. The van der Waals surface area contributed by atoms with Crippen LogP contribution in [0.2, 0.25) is 0 Å². The summed E-state index contributed by atoms with van der Waals surface area (Å²) in [4.78, 5) is 18.4. The van der Waals surface area contributed by atoms with Crippen LogP contribution in [0.1, 0.15) is 41.3 Å². The molecule has 0 aliphatic carbocycles. The second-order valence-corrected chi connectivity index (χ2v) is 7.43. The largest absolute Gasteiger partial charge is 0.358 e. The van der Waals surface area contributed by atoms with Gasteiger partial charge in [0, 0.05) is 35.7 Å². The Hall–Kier alpha value is -2.63. The Kier molecular flexibility index (Phi) is 4.26. The minimum absolute atomic E-state index is 0.218. The Morgan fingerprint density at radius 3 is 2.54 bits per heavy atom. The number of H-pyrrole nitrogens is 1. The van der Waals surface area contributed by atoms with Gasteiger partial charge in [0.25, 0.3) is 0 Å². The zero-order valence-electron chi connectivity index (χ0n) is 15.6. The molecule has 1 aliphatic heterocycles. The van der Waals surface area contributed by atoms with Crippen LogP contribution in [0.15, 0.2) is 24.8 Å². The molecule has 1 fully saturated rings. The number of rotatable bonds is 3. The van der Waals surface area contributed by atoms with Crippen molar-refractivity contribution >= 4 is 16.8 Å². The SMILES string of the molecule is Cc1cc(C)c2[nH]c(C)c(CC(=O)N3CCC(n4cnnc4)CC3)c2c1. The molecule has 0 bridgehead atoms. The first-order chi connectivity index (χ1) is 12.5. The van der Waals surface area contributed by atoms with Gasteiger partial charge in [0.15, 0.2) is 0 Å². The second kappa shape index (κ2) is 6.59. The van der Waals surface area contributed by atoms with E-state index in [2.05, 4.69) is 52.7 Å². The Morgan fingerprint density at radius 2 is 1.85 bits per heavy atom. The van der Waals surface area contributed by atoms with E-state index in [1.54, 1.807) is 12.7 Å². The number of piperidine rings is 1. The van der Waals surface area contributed by atoms with Crippen molar-refractivity contribution in [2.75, 3.05) is 13.1 Å². The van der Waals surface area contributed by atoms with Crippen molar-refractivity contribution in [3.05, 3.63) is 47.2 Å². The van der Waals surface area contributed by atoms with Gasteiger partial charge in [0.05, 0.1) is 6.42 Å². The number of likely N-dealkylation sites (tertiary alicyclic amines) is 1. The quantitative estimate of drug-likeness (QED) is 0.788. The van der Waals surface area contributed by atoms with Gasteiger partial charge < -0.3 is 14.5 Å². The normalized spacial score (nSPS) is 15.7. The summed E-state index contributed by atoms with van der Waals surface area (Å²) in [5.41, 5.74) is 5.86. The molecule has 2 aromatic heterocycles. The lowest BCUT2D eigenvalue weighted by Crippen LogP contribution is -2.39. The second-order valence-electron chi connectivity index (χ2n) is 7.43. The Morgan fingerprint density at radius 1 is 1.15 bits per heavy atom. The fourth-order valence-electron chi connectivity index (χ4n) is 4.14. The van der Waals surface area contributed by atoms with Crippen LogP contribution >= 0.6 is 0 Å². The molecule has 3 aromatic rings. The smallest absolute Gasteiger partial charge is 0.227 e. The van der Waals surface area contributed by atoms with Crippen LogP contribution in [0.4, 0.5) is 0 Å². The van der Waals surface area contributed by atoms with Crippen molar-refractivity contribution in [1.29, 1.82) is 0 Å². The van der Waals surface area contributed by atoms with Gasteiger partial charge >= 0.3 is 0 Å². The molecule has 0 unspecified atom stereocenters. The molecule has 1 amide bonds. The molecular formula is C20H25N5O. The maximum atomic E-state index is 12.9. The zero-order chi connectivity index (χ0) is 18.3. The van der Waals surface area contributed by atoms with Crippen molar-refractivity contribution in [2.45, 2.75) is 46.1 Å². The summed E-state index contributed by atoms with van der Waals surface area (Å²) in [7, 11) is 0. The number of benzene rings is 1. The van der Waals surface area contributed by atoms with Gasteiger partial charge in [-0.3, -0.25) is 4.79 Å². The fraction of sp³-hybridized carbons (Fsp3) is 0.450. The van der Waals surface area contributed by atoms with Crippen LogP contribution in [0.3, 0.4) is 0 Å². The first-order valence-electron chi connectivity index (χ1n) is 9.23. The van der Waals surface area contributed by atoms with Crippen LogP contribution in [-0.4, -0.2) is 43.6 Å². The first kappa shape index (κ1) is 16.8. The average Bonchev–Trinajstić information content (AvgIpc) is 3.25. The van der Waals surface area contributed by atoms with Gasteiger partial charge in [0.1, 0.15) is 12.7 Å². The van der Waals surface area contributed by atoms with Gasteiger partial charge in [-0.2, -0.15) is 0 Å². The predicted octanol–water partition coefficient (Wildman–Crippen LogP) is 3.09. The van der Waals surface area contributed by atoms with Crippen molar-refractivity contribution in [1.82, 2.24) is 24.6 Å². The molecule has 1 N–H and O–H groups in total. The lowest BCUT2D eigenvalue weighted by atomic mass is 10.0. The predicted molar refractivity (Wildman–Crippen MR) is 101 cm³/mol. The maximum absolute atomic E-state index is 12.9. The van der Waals surface area contributed by atoms with Crippen LogP contribution in [-0.2, 0) is 11.2 Å². The third kappa shape index (κ3) is 3.00. The van der Waals surface area contributed by atoms with E-state index in [1.807, 2.05) is 4.90 Å². The van der Waals surface area contributed by atoms with Crippen molar-refractivity contribution in [3.63, 3.8) is 0 Å². The lowest BCUT2D eigenvalue weighted by Gasteiger charge is -2.32. The third-order valence-corrected chi connectivity index (χ3v) is 5.57. The summed E-state index contributed by atoms with van der Waals surface area (Å²) in [5, 5.41) is 8.95.